The molecular weight excluding hydrogens is 451 g/mol. The summed E-state index contributed by atoms with van der Waals surface area (Å²) < 4.78 is 0. The van der Waals surface area contributed by atoms with Crippen molar-refractivity contribution in [2.24, 2.45) is 0 Å². The van der Waals surface area contributed by atoms with Crippen molar-refractivity contribution >= 4 is 0 Å². The second-order valence-corrected chi connectivity index (χ2v) is 11.0. The largest absolute Gasteiger partial charge is 5.00 e. The number of rotatable bonds is 0. The van der Waals surface area contributed by atoms with Gasteiger partial charge in [0.25, 0.3) is 0 Å². The Kier molecular flexibility index (Phi) is 30.0. The van der Waals surface area contributed by atoms with Crippen molar-refractivity contribution in [2.45, 2.75) is 132 Å². The average molecular weight is 497 g/mol. The van der Waals surface area contributed by atoms with Gasteiger partial charge in [0, 0.05) is 28.0 Å². The van der Waals surface area contributed by atoms with Crippen molar-refractivity contribution in [1.29, 1.82) is 0 Å². The Hall–Kier alpha value is 0.184. The maximum Gasteiger partial charge on any atom is 5.00 e. The normalized spacial score (nSPS) is 11.6. The molecule has 0 aromatic rings. The fraction of sp³-hybridized carbons (Fsp3) is 1.00. The Morgan fingerprint density at radius 3 is 0.323 bits per heavy atom. The van der Waals surface area contributed by atoms with E-state index < -0.39 is 28.0 Å². The second kappa shape index (κ2) is 20.8. The van der Waals surface area contributed by atoms with E-state index in [2.05, 4.69) is 24.4 Å². The molecule has 0 saturated carbocycles. The van der Waals surface area contributed by atoms with Crippen LogP contribution in [0.1, 0.15) is 104 Å². The van der Waals surface area contributed by atoms with Gasteiger partial charge in [0.1, 0.15) is 0 Å². The maximum atomic E-state index is 9.45. The third-order valence-corrected chi connectivity index (χ3v) is 1.25. The summed E-state index contributed by atoms with van der Waals surface area (Å²) in [5.74, 6) is 0. The quantitative estimate of drug-likeness (QED) is 0.338. The van der Waals surface area contributed by atoms with Crippen molar-refractivity contribution in [2.75, 3.05) is 0 Å². The molecule has 0 rings (SSSR count). The minimum atomic E-state index is -0.514. The summed E-state index contributed by atoms with van der Waals surface area (Å²) in [7, 11) is 0. The van der Waals surface area contributed by atoms with E-state index in [1.54, 1.807) is 104 Å². The van der Waals surface area contributed by atoms with Gasteiger partial charge in [-0.25, -0.2) is 0 Å². The Morgan fingerprint density at radius 2 is 0.323 bits per heavy atom. The van der Waals surface area contributed by atoms with Gasteiger partial charge in [-0.1, -0.05) is 0 Å². The first-order valence-electron chi connectivity index (χ1n) is 9.35. The Labute approximate surface area is 201 Å². The summed E-state index contributed by atoms with van der Waals surface area (Å²) in [6.45, 7) is 25.6. The molecule has 0 spiro atoms. The van der Waals surface area contributed by atoms with Gasteiger partial charge < -0.3 is 50.7 Å². The third-order valence-electron chi connectivity index (χ3n) is 1.25. The molecule has 0 radical (unpaired) electrons. The van der Waals surface area contributed by atoms with Crippen LogP contribution in [0.3, 0.4) is 0 Å². The van der Waals surface area contributed by atoms with E-state index in [9.17, 15) is 26.3 Å². The van der Waals surface area contributed by atoms with Gasteiger partial charge in [0.15, 0.2) is 0 Å². The van der Waals surface area contributed by atoms with Crippen LogP contribution in [0.25, 0.3) is 0 Å². The van der Waals surface area contributed by atoms with E-state index in [4.69, 9.17) is 0 Å². The predicted molar refractivity (Wildman–Crippen MR) is 104 cm³/mol. The molecule has 0 amide bonds. The molecular formula is C20H45O10V. The second-order valence-electron chi connectivity index (χ2n) is 11.0. The molecule has 0 heterocycles. The fourth-order valence-electron chi connectivity index (χ4n) is 0. The van der Waals surface area contributed by atoms with Crippen LogP contribution in [0.15, 0.2) is 0 Å². The van der Waals surface area contributed by atoms with Gasteiger partial charge in [0.05, 0.1) is 0 Å². The van der Waals surface area contributed by atoms with Crippen molar-refractivity contribution in [3.63, 3.8) is 0 Å². The van der Waals surface area contributed by atoms with Gasteiger partial charge in [-0.05, 0) is 104 Å². The predicted octanol–water partition coefficient (Wildman–Crippen LogP) is 0.382. The molecule has 0 aliphatic rings. The maximum absolute atomic E-state index is 9.45. The third kappa shape index (κ3) is 104. The van der Waals surface area contributed by atoms with E-state index >= 15 is 0 Å². The van der Waals surface area contributed by atoms with Crippen LogP contribution in [-0.4, -0.2) is 28.0 Å². The average Bonchev–Trinajstić information content (AvgIpc) is 2.54. The van der Waals surface area contributed by atoms with E-state index in [1.165, 1.54) is 0 Å². The zero-order chi connectivity index (χ0) is 26.0. The molecule has 0 unspecified atom stereocenters. The Bertz CT molecular complexity index is 264. The first kappa shape index (κ1) is 44.8. The molecule has 11 heteroatoms. The summed E-state index contributed by atoms with van der Waals surface area (Å²) in [6, 6.07) is 0. The zero-order valence-electron chi connectivity index (χ0n) is 22.0. The Balaban J connectivity index is -0.0000000625. The molecule has 10 nitrogen and oxygen atoms in total. The molecule has 0 aliphatic carbocycles. The summed E-state index contributed by atoms with van der Waals surface area (Å²) in [6.07, 6.45) is 0. The first-order chi connectivity index (χ1) is 12.8. The van der Waals surface area contributed by atoms with E-state index in [0.717, 1.165) is 0 Å². The molecule has 0 bridgehead atoms. The van der Waals surface area contributed by atoms with Crippen LogP contribution in [0, 0.1) is 0 Å². The van der Waals surface area contributed by atoms with Gasteiger partial charge >= 0.3 is 18.6 Å². The van der Waals surface area contributed by atoms with Crippen LogP contribution in [0.5, 0.6) is 0 Å². The fourth-order valence-corrected chi connectivity index (χ4v) is 0. The molecule has 0 aliphatic heterocycles. The molecule has 0 aromatic heterocycles. The molecule has 0 aromatic carbocycles. The Morgan fingerprint density at radius 1 is 0.290 bits per heavy atom. The van der Waals surface area contributed by atoms with Crippen LogP contribution in [0.4, 0.5) is 0 Å². The van der Waals surface area contributed by atoms with Crippen LogP contribution >= 0.6 is 0 Å². The minimum Gasteiger partial charge on any atom is -0.723 e. The number of hydrogen-bond acceptors (Lipinski definition) is 10. The van der Waals surface area contributed by atoms with Crippen molar-refractivity contribution < 1.29 is 69.3 Å². The molecule has 31 heavy (non-hydrogen) atoms. The van der Waals surface area contributed by atoms with Crippen LogP contribution < -0.4 is 26.3 Å². The molecule has 0 fully saturated rings. The van der Waals surface area contributed by atoms with Gasteiger partial charge in [-0.15, -0.1) is 0 Å². The summed E-state index contributed by atoms with van der Waals surface area (Å²) in [5, 5.41) is 47.3. The van der Waals surface area contributed by atoms with E-state index in [1.807, 2.05) is 0 Å². The first-order valence-corrected chi connectivity index (χ1v) is 9.35. The van der Waals surface area contributed by atoms with Gasteiger partial charge in [-0.2, -0.15) is 0 Å². The summed E-state index contributed by atoms with van der Waals surface area (Å²) in [4.78, 5) is 18.4. The monoisotopic (exact) mass is 496 g/mol. The SMILES string of the molecule is CC(C)(C)O[O-].CC(C)(C)O[O-].CC(C)(C)O[O-].CC(C)(C)O[O-].CC(C)(C)O[O-].[V+5]. The molecule has 0 N–H and O–H groups in total. The standard InChI is InChI=1S/5C4H10O2.V/c5*1-4(2,3)6-5;/h5*5H,1-3H3;/q;;;;;+5/p-5. The smallest absolute Gasteiger partial charge is 0.723 e. The summed E-state index contributed by atoms with van der Waals surface area (Å²) >= 11 is 0. The van der Waals surface area contributed by atoms with Crippen LogP contribution in [-0.2, 0) is 43.0 Å². The molecule has 0 saturated heterocycles. The zero-order valence-corrected chi connectivity index (χ0v) is 23.4. The summed E-state index contributed by atoms with van der Waals surface area (Å²) in [5.41, 5.74) is -2.57. The van der Waals surface area contributed by atoms with Gasteiger partial charge in [0.2, 0.25) is 0 Å². The number of hydrogen-bond donors (Lipinski definition) is 0. The van der Waals surface area contributed by atoms with Gasteiger partial charge in [-0.3, -0.25) is 0 Å². The van der Waals surface area contributed by atoms with Crippen molar-refractivity contribution in [3.8, 4) is 0 Å². The van der Waals surface area contributed by atoms with Crippen molar-refractivity contribution in [1.82, 2.24) is 0 Å². The molecule has 0 atom stereocenters. The van der Waals surface area contributed by atoms with Crippen molar-refractivity contribution in [3.05, 3.63) is 0 Å². The topological polar surface area (TPSA) is 161 Å². The minimum absolute atomic E-state index is 0. The van der Waals surface area contributed by atoms with Crippen LogP contribution in [0.2, 0.25) is 0 Å². The van der Waals surface area contributed by atoms with E-state index in [-0.39, 0.29) is 18.6 Å². The van der Waals surface area contributed by atoms with E-state index in [0.29, 0.717) is 0 Å². The molecule has 190 valence electrons.